The van der Waals surface area contributed by atoms with E-state index in [1.165, 1.54) is 0 Å². The highest BCUT2D eigenvalue weighted by atomic mass is 16.5. The first kappa shape index (κ1) is 14.1. The van der Waals surface area contributed by atoms with Crippen molar-refractivity contribution in [2.75, 3.05) is 27.4 Å². The minimum atomic E-state index is -0.0424. The molecule has 0 aliphatic rings. The van der Waals surface area contributed by atoms with Crippen LogP contribution in [0.25, 0.3) is 0 Å². The first-order chi connectivity index (χ1) is 8.76. The van der Waals surface area contributed by atoms with E-state index in [1.54, 1.807) is 14.2 Å². The van der Waals surface area contributed by atoms with Crippen molar-refractivity contribution in [2.24, 2.45) is 0 Å². The fraction of sp³-hybridized carbons (Fsp3) is 0.462. The summed E-state index contributed by atoms with van der Waals surface area (Å²) in [5.41, 5.74) is 1.04. The lowest BCUT2D eigenvalue weighted by molar-refractivity contribution is 0.303. The standard InChI is InChI=1S/C13H18N2O3/c1-4-15-9-10-7-11(16-2)13(18-6-5-14)12(8-10)17-3/h7-8,15H,4,6,9H2,1-3H3. The van der Waals surface area contributed by atoms with Crippen LogP contribution in [0.3, 0.4) is 0 Å². The van der Waals surface area contributed by atoms with Gasteiger partial charge in [0.15, 0.2) is 18.1 Å². The molecule has 5 heteroatoms. The number of rotatable bonds is 7. The second-order valence-electron chi connectivity index (χ2n) is 3.56. The van der Waals surface area contributed by atoms with Crippen LogP contribution in [-0.4, -0.2) is 27.4 Å². The number of hydrogen-bond donors (Lipinski definition) is 1. The lowest BCUT2D eigenvalue weighted by atomic mass is 10.1. The predicted molar refractivity (Wildman–Crippen MR) is 68.0 cm³/mol. The molecule has 98 valence electrons. The van der Waals surface area contributed by atoms with Crippen LogP contribution in [-0.2, 0) is 6.54 Å². The van der Waals surface area contributed by atoms with Gasteiger partial charge < -0.3 is 19.5 Å². The van der Waals surface area contributed by atoms with Gasteiger partial charge in [-0.3, -0.25) is 0 Å². The quantitative estimate of drug-likeness (QED) is 0.798. The Morgan fingerprint density at radius 2 is 1.83 bits per heavy atom. The van der Waals surface area contributed by atoms with Gasteiger partial charge in [-0.1, -0.05) is 6.92 Å². The molecule has 0 aromatic heterocycles. The number of nitrogens with zero attached hydrogens (tertiary/aromatic N) is 1. The topological polar surface area (TPSA) is 63.5 Å². The minimum absolute atomic E-state index is 0.0424. The number of nitrogens with one attached hydrogen (secondary N) is 1. The van der Waals surface area contributed by atoms with Gasteiger partial charge in [0.25, 0.3) is 0 Å². The second-order valence-corrected chi connectivity index (χ2v) is 3.56. The Balaban J connectivity index is 3.05. The van der Waals surface area contributed by atoms with Crippen LogP contribution >= 0.6 is 0 Å². The fourth-order valence-corrected chi connectivity index (χ4v) is 1.55. The van der Waals surface area contributed by atoms with Crippen LogP contribution in [0.4, 0.5) is 0 Å². The zero-order valence-corrected chi connectivity index (χ0v) is 10.9. The van der Waals surface area contributed by atoms with Gasteiger partial charge >= 0.3 is 0 Å². The third-order valence-electron chi connectivity index (χ3n) is 2.38. The molecule has 0 aliphatic carbocycles. The van der Waals surface area contributed by atoms with E-state index < -0.39 is 0 Å². The summed E-state index contributed by atoms with van der Waals surface area (Å²) in [7, 11) is 3.12. The first-order valence-corrected chi connectivity index (χ1v) is 5.72. The fourth-order valence-electron chi connectivity index (χ4n) is 1.55. The second kappa shape index (κ2) is 7.41. The molecule has 0 saturated carbocycles. The van der Waals surface area contributed by atoms with Crippen molar-refractivity contribution < 1.29 is 14.2 Å². The number of ether oxygens (including phenoxy) is 3. The normalized spacial score (nSPS) is 9.67. The van der Waals surface area contributed by atoms with Crippen molar-refractivity contribution in [2.45, 2.75) is 13.5 Å². The monoisotopic (exact) mass is 250 g/mol. The van der Waals surface area contributed by atoms with E-state index in [9.17, 15) is 0 Å². The zero-order valence-electron chi connectivity index (χ0n) is 10.9. The van der Waals surface area contributed by atoms with Crippen LogP contribution in [0.15, 0.2) is 12.1 Å². The molecule has 1 aromatic carbocycles. The van der Waals surface area contributed by atoms with Crippen molar-refractivity contribution in [3.8, 4) is 23.3 Å². The highest BCUT2D eigenvalue weighted by Gasteiger charge is 2.13. The molecule has 18 heavy (non-hydrogen) atoms. The molecule has 0 heterocycles. The summed E-state index contributed by atoms with van der Waals surface area (Å²) >= 11 is 0. The summed E-state index contributed by atoms with van der Waals surface area (Å²) in [5.74, 6) is 1.59. The average molecular weight is 250 g/mol. The molecular weight excluding hydrogens is 232 g/mol. The van der Waals surface area contributed by atoms with E-state index in [0.717, 1.165) is 18.7 Å². The van der Waals surface area contributed by atoms with Crippen molar-refractivity contribution in [1.82, 2.24) is 5.32 Å². The maximum Gasteiger partial charge on any atom is 0.204 e. The van der Waals surface area contributed by atoms with E-state index >= 15 is 0 Å². The number of hydrogen-bond acceptors (Lipinski definition) is 5. The summed E-state index contributed by atoms with van der Waals surface area (Å²) in [5, 5.41) is 11.8. The Morgan fingerprint density at radius 1 is 1.22 bits per heavy atom. The smallest absolute Gasteiger partial charge is 0.204 e. The van der Waals surface area contributed by atoms with E-state index in [-0.39, 0.29) is 6.61 Å². The van der Waals surface area contributed by atoms with Crippen LogP contribution < -0.4 is 19.5 Å². The van der Waals surface area contributed by atoms with Crippen molar-refractivity contribution >= 4 is 0 Å². The third-order valence-corrected chi connectivity index (χ3v) is 2.38. The molecular formula is C13H18N2O3. The number of nitriles is 1. The lowest BCUT2D eigenvalue weighted by Crippen LogP contribution is -2.12. The Bertz CT molecular complexity index is 402. The molecule has 0 unspecified atom stereocenters. The minimum Gasteiger partial charge on any atom is -0.493 e. The molecule has 0 aliphatic heterocycles. The summed E-state index contributed by atoms with van der Waals surface area (Å²) < 4.78 is 15.9. The molecule has 1 aromatic rings. The van der Waals surface area contributed by atoms with Crippen molar-refractivity contribution in [3.05, 3.63) is 17.7 Å². The van der Waals surface area contributed by atoms with Gasteiger partial charge in [0.2, 0.25) is 5.75 Å². The Morgan fingerprint density at radius 3 is 2.28 bits per heavy atom. The molecule has 0 saturated heterocycles. The van der Waals surface area contributed by atoms with E-state index in [2.05, 4.69) is 5.32 Å². The summed E-state index contributed by atoms with van der Waals surface area (Å²) in [6.45, 7) is 3.61. The molecule has 1 N–H and O–H groups in total. The lowest BCUT2D eigenvalue weighted by Gasteiger charge is -2.14. The average Bonchev–Trinajstić information content (AvgIpc) is 2.42. The molecule has 1 rings (SSSR count). The van der Waals surface area contributed by atoms with Gasteiger partial charge in [-0.25, -0.2) is 0 Å². The number of methoxy groups -OCH3 is 2. The van der Waals surface area contributed by atoms with Gasteiger partial charge in [0, 0.05) is 6.54 Å². The van der Waals surface area contributed by atoms with Gasteiger partial charge in [-0.15, -0.1) is 0 Å². The molecule has 0 amide bonds. The molecule has 0 fully saturated rings. The molecule has 5 nitrogen and oxygen atoms in total. The van der Waals surface area contributed by atoms with Gasteiger partial charge in [0.1, 0.15) is 6.07 Å². The van der Waals surface area contributed by atoms with Crippen LogP contribution in [0.5, 0.6) is 17.2 Å². The molecule has 0 atom stereocenters. The van der Waals surface area contributed by atoms with E-state index in [0.29, 0.717) is 17.2 Å². The molecule has 0 radical (unpaired) electrons. The van der Waals surface area contributed by atoms with Crippen LogP contribution in [0.2, 0.25) is 0 Å². The van der Waals surface area contributed by atoms with Gasteiger partial charge in [-0.2, -0.15) is 5.26 Å². The summed E-state index contributed by atoms with van der Waals surface area (Å²) in [4.78, 5) is 0. The summed E-state index contributed by atoms with van der Waals surface area (Å²) in [6, 6.07) is 5.67. The third kappa shape index (κ3) is 3.54. The van der Waals surface area contributed by atoms with Crippen molar-refractivity contribution in [1.29, 1.82) is 5.26 Å². The van der Waals surface area contributed by atoms with Gasteiger partial charge in [-0.05, 0) is 24.2 Å². The van der Waals surface area contributed by atoms with Gasteiger partial charge in [0.05, 0.1) is 14.2 Å². The predicted octanol–water partition coefficient (Wildman–Crippen LogP) is 1.72. The van der Waals surface area contributed by atoms with Crippen LogP contribution in [0, 0.1) is 11.3 Å². The molecule has 0 spiro atoms. The Kier molecular flexibility index (Phi) is 5.81. The molecule has 0 bridgehead atoms. The Labute approximate surface area is 107 Å². The highest BCUT2D eigenvalue weighted by molar-refractivity contribution is 5.54. The number of benzene rings is 1. The highest BCUT2D eigenvalue weighted by Crippen LogP contribution is 2.38. The maximum absolute atomic E-state index is 8.56. The zero-order chi connectivity index (χ0) is 13.4. The van der Waals surface area contributed by atoms with Crippen LogP contribution in [0.1, 0.15) is 12.5 Å². The van der Waals surface area contributed by atoms with Crippen molar-refractivity contribution in [3.63, 3.8) is 0 Å². The Hall–Kier alpha value is -1.93. The maximum atomic E-state index is 8.56. The summed E-state index contributed by atoms with van der Waals surface area (Å²) in [6.07, 6.45) is 0. The first-order valence-electron chi connectivity index (χ1n) is 5.72. The SMILES string of the molecule is CCNCc1cc(OC)c(OCC#N)c(OC)c1. The van der Waals surface area contributed by atoms with E-state index in [4.69, 9.17) is 19.5 Å². The van der Waals surface area contributed by atoms with E-state index in [1.807, 2.05) is 25.1 Å². The largest absolute Gasteiger partial charge is 0.493 e.